The van der Waals surface area contributed by atoms with Crippen LogP contribution in [0.1, 0.15) is 17.7 Å². The predicted molar refractivity (Wildman–Crippen MR) is 113 cm³/mol. The number of hydrogen-bond donors (Lipinski definition) is 1. The van der Waals surface area contributed by atoms with Crippen molar-refractivity contribution in [2.45, 2.75) is 19.3 Å². The number of likely N-dealkylation sites (tertiary alicyclic amines) is 1. The van der Waals surface area contributed by atoms with Crippen LogP contribution < -0.4 is 5.32 Å². The lowest BCUT2D eigenvalue weighted by molar-refractivity contribution is -0.132. The zero-order valence-corrected chi connectivity index (χ0v) is 17.0. The average Bonchev–Trinajstić information content (AvgIpc) is 3.43. The Hall–Kier alpha value is -3.41. The van der Waals surface area contributed by atoms with E-state index in [1.165, 1.54) is 0 Å². The van der Waals surface area contributed by atoms with E-state index in [0.717, 1.165) is 16.8 Å². The molecule has 0 saturated carbocycles. The van der Waals surface area contributed by atoms with E-state index in [0.29, 0.717) is 38.1 Å². The Labute approximate surface area is 175 Å². The van der Waals surface area contributed by atoms with E-state index in [4.69, 9.17) is 4.52 Å². The molecule has 2 heterocycles. The fraction of sp³-hybridized carbons (Fsp3) is 0.292. The second-order valence-corrected chi connectivity index (χ2v) is 7.81. The van der Waals surface area contributed by atoms with Crippen molar-refractivity contribution in [1.82, 2.24) is 15.4 Å². The van der Waals surface area contributed by atoms with Gasteiger partial charge in [0.1, 0.15) is 11.5 Å². The van der Waals surface area contributed by atoms with Crippen LogP contribution in [-0.2, 0) is 22.4 Å². The highest BCUT2D eigenvalue weighted by Gasteiger charge is 2.46. The van der Waals surface area contributed by atoms with Gasteiger partial charge in [0.05, 0.1) is 11.8 Å². The van der Waals surface area contributed by atoms with Gasteiger partial charge in [-0.15, -0.1) is 0 Å². The van der Waals surface area contributed by atoms with Crippen molar-refractivity contribution in [3.05, 3.63) is 78.1 Å². The molecule has 1 aliphatic heterocycles. The molecule has 0 spiro atoms. The third-order valence-corrected chi connectivity index (χ3v) is 5.75. The van der Waals surface area contributed by atoms with Gasteiger partial charge in [0.25, 0.3) is 0 Å². The summed E-state index contributed by atoms with van der Waals surface area (Å²) >= 11 is 0. The molecule has 0 radical (unpaired) electrons. The zero-order valence-electron chi connectivity index (χ0n) is 17.0. The summed E-state index contributed by atoms with van der Waals surface area (Å²) in [5.74, 6) is 0.611. The van der Waals surface area contributed by atoms with Crippen LogP contribution in [-0.4, -0.2) is 42.0 Å². The van der Waals surface area contributed by atoms with Gasteiger partial charge in [-0.3, -0.25) is 9.59 Å². The molecule has 1 atom stereocenters. The molecule has 154 valence electrons. The molecule has 3 aromatic rings. The van der Waals surface area contributed by atoms with Gasteiger partial charge >= 0.3 is 0 Å². The maximum atomic E-state index is 12.8. The highest BCUT2D eigenvalue weighted by molar-refractivity contribution is 5.86. The largest absolute Gasteiger partial charge is 0.361 e. The Morgan fingerprint density at radius 2 is 1.80 bits per heavy atom. The van der Waals surface area contributed by atoms with Crippen LogP contribution in [0.4, 0.5) is 0 Å². The van der Waals surface area contributed by atoms with E-state index in [9.17, 15) is 9.59 Å². The Balaban J connectivity index is 1.50. The normalized spacial score (nSPS) is 18.4. The first-order valence-electron chi connectivity index (χ1n) is 10.1. The highest BCUT2D eigenvalue weighted by atomic mass is 16.5. The van der Waals surface area contributed by atoms with E-state index in [1.807, 2.05) is 66.7 Å². The molecule has 0 unspecified atom stereocenters. The summed E-state index contributed by atoms with van der Waals surface area (Å²) in [5, 5.41) is 6.94. The molecular weight excluding hydrogens is 378 g/mol. The van der Waals surface area contributed by atoms with Crippen molar-refractivity contribution in [3.8, 4) is 11.3 Å². The van der Waals surface area contributed by atoms with Crippen LogP contribution in [0.15, 0.2) is 71.3 Å². The summed E-state index contributed by atoms with van der Waals surface area (Å²) in [4.78, 5) is 27.4. The van der Waals surface area contributed by atoms with Gasteiger partial charge in [-0.25, -0.2) is 0 Å². The quantitative estimate of drug-likeness (QED) is 0.686. The van der Waals surface area contributed by atoms with Gasteiger partial charge < -0.3 is 14.7 Å². The number of hydrogen-bond acceptors (Lipinski definition) is 4. The number of aromatic nitrogens is 1. The monoisotopic (exact) mass is 403 g/mol. The first kappa shape index (κ1) is 19.9. The van der Waals surface area contributed by atoms with E-state index >= 15 is 0 Å². The van der Waals surface area contributed by atoms with Crippen LogP contribution in [0.2, 0.25) is 0 Å². The number of benzene rings is 2. The molecule has 4 rings (SSSR count). The van der Waals surface area contributed by atoms with Gasteiger partial charge in [-0.2, -0.15) is 0 Å². The first-order chi connectivity index (χ1) is 14.6. The van der Waals surface area contributed by atoms with Crippen LogP contribution in [0.3, 0.4) is 0 Å². The molecule has 6 heteroatoms. The van der Waals surface area contributed by atoms with Crippen LogP contribution in [0.25, 0.3) is 11.3 Å². The molecule has 1 fully saturated rings. The summed E-state index contributed by atoms with van der Waals surface area (Å²) in [6.07, 6.45) is 1.33. The molecule has 0 aliphatic carbocycles. The predicted octanol–water partition coefficient (Wildman–Crippen LogP) is 3.09. The molecule has 1 aliphatic rings. The number of rotatable bonds is 6. The van der Waals surface area contributed by atoms with Crippen molar-refractivity contribution in [3.63, 3.8) is 0 Å². The molecule has 30 heavy (non-hydrogen) atoms. The minimum absolute atomic E-state index is 0.0366. The number of carbonyl (C=O) groups is 2. The fourth-order valence-corrected chi connectivity index (χ4v) is 4.12. The second-order valence-electron chi connectivity index (χ2n) is 7.81. The van der Waals surface area contributed by atoms with Gasteiger partial charge in [0.15, 0.2) is 0 Å². The lowest BCUT2D eigenvalue weighted by Gasteiger charge is -2.26. The Morgan fingerprint density at radius 3 is 2.50 bits per heavy atom. The maximum Gasteiger partial charge on any atom is 0.228 e. The summed E-state index contributed by atoms with van der Waals surface area (Å²) in [5.41, 5.74) is 1.97. The minimum Gasteiger partial charge on any atom is -0.361 e. The number of nitrogens with zero attached hydrogens (tertiary/aromatic N) is 2. The molecule has 1 saturated heterocycles. The van der Waals surface area contributed by atoms with E-state index in [1.54, 1.807) is 11.9 Å². The van der Waals surface area contributed by atoms with Crippen LogP contribution in [0, 0.1) is 5.41 Å². The number of amides is 2. The smallest absolute Gasteiger partial charge is 0.228 e. The van der Waals surface area contributed by atoms with Crippen molar-refractivity contribution in [2.24, 2.45) is 5.41 Å². The van der Waals surface area contributed by atoms with E-state index < -0.39 is 5.41 Å². The van der Waals surface area contributed by atoms with Crippen LogP contribution >= 0.6 is 0 Å². The molecule has 1 N–H and O–H groups in total. The zero-order chi connectivity index (χ0) is 21.0. The third kappa shape index (κ3) is 4.13. The SMILES string of the molecule is CNC(=O)[C@@]1(Cc2cc(-c3ccccc3)no2)CCN(C(=O)Cc2ccccc2)C1. The third-order valence-electron chi connectivity index (χ3n) is 5.75. The van der Waals surface area contributed by atoms with Gasteiger partial charge in [0.2, 0.25) is 11.8 Å². The second kappa shape index (κ2) is 8.53. The lowest BCUT2D eigenvalue weighted by Crippen LogP contribution is -2.44. The van der Waals surface area contributed by atoms with Crippen LogP contribution in [0.5, 0.6) is 0 Å². The molecule has 6 nitrogen and oxygen atoms in total. The Kier molecular flexibility index (Phi) is 5.65. The summed E-state index contributed by atoms with van der Waals surface area (Å²) < 4.78 is 5.56. The molecule has 0 bridgehead atoms. The summed E-state index contributed by atoms with van der Waals surface area (Å²) in [6, 6.07) is 21.3. The number of nitrogens with one attached hydrogen (secondary N) is 1. The molecule has 1 aromatic heterocycles. The van der Waals surface area contributed by atoms with Gasteiger partial charge in [-0.05, 0) is 12.0 Å². The summed E-state index contributed by atoms with van der Waals surface area (Å²) in [6.45, 7) is 0.929. The van der Waals surface area contributed by atoms with Gasteiger partial charge in [-0.1, -0.05) is 65.8 Å². The fourth-order valence-electron chi connectivity index (χ4n) is 4.12. The van der Waals surface area contributed by atoms with Crippen molar-refractivity contribution < 1.29 is 14.1 Å². The maximum absolute atomic E-state index is 12.8. The highest BCUT2D eigenvalue weighted by Crippen LogP contribution is 2.36. The first-order valence-corrected chi connectivity index (χ1v) is 10.1. The van der Waals surface area contributed by atoms with Gasteiger partial charge in [0, 0.05) is 38.2 Å². The molecule has 2 aromatic carbocycles. The number of carbonyl (C=O) groups excluding carboxylic acids is 2. The van der Waals surface area contributed by atoms with E-state index in [2.05, 4.69) is 10.5 Å². The molecule has 2 amide bonds. The van der Waals surface area contributed by atoms with Crippen molar-refractivity contribution in [1.29, 1.82) is 0 Å². The topological polar surface area (TPSA) is 75.4 Å². The minimum atomic E-state index is -0.714. The average molecular weight is 403 g/mol. The van der Waals surface area contributed by atoms with E-state index in [-0.39, 0.29) is 11.8 Å². The standard InChI is InChI=1S/C24H25N3O3/c1-25-23(29)24(16-20-15-21(26-30-20)19-10-6-3-7-11-19)12-13-27(17-24)22(28)14-18-8-4-2-5-9-18/h2-11,15H,12-14,16-17H2,1H3,(H,25,29)/t24-/m1/s1. The molecular formula is C24H25N3O3. The Bertz CT molecular complexity index is 1020. The summed E-state index contributed by atoms with van der Waals surface area (Å²) in [7, 11) is 1.63. The Morgan fingerprint density at radius 1 is 1.10 bits per heavy atom. The van der Waals surface area contributed by atoms with Crippen molar-refractivity contribution >= 4 is 11.8 Å². The van der Waals surface area contributed by atoms with Crippen molar-refractivity contribution in [2.75, 3.05) is 20.1 Å². The lowest BCUT2D eigenvalue weighted by atomic mass is 9.81.